The SMILES string of the molecule is C=CC(=O)OC1(C2CCOC2=O)C2CC3CC(C2)CC1C3. The van der Waals surface area contributed by atoms with Crippen LogP contribution in [0.4, 0.5) is 0 Å². The second kappa shape index (κ2) is 4.59. The van der Waals surface area contributed by atoms with Crippen molar-refractivity contribution in [3.8, 4) is 0 Å². The molecule has 4 bridgehead atoms. The van der Waals surface area contributed by atoms with E-state index in [2.05, 4.69) is 6.58 Å². The van der Waals surface area contributed by atoms with E-state index in [-0.39, 0.29) is 17.9 Å². The molecule has 21 heavy (non-hydrogen) atoms. The molecule has 0 spiro atoms. The Balaban J connectivity index is 1.74. The summed E-state index contributed by atoms with van der Waals surface area (Å²) in [6, 6.07) is 0. The second-order valence-electron chi connectivity index (χ2n) is 7.29. The molecule has 1 atom stereocenters. The van der Waals surface area contributed by atoms with E-state index in [0.717, 1.165) is 37.5 Å². The van der Waals surface area contributed by atoms with Crippen LogP contribution in [0.5, 0.6) is 0 Å². The van der Waals surface area contributed by atoms with Gasteiger partial charge in [0.15, 0.2) is 0 Å². The predicted molar refractivity (Wildman–Crippen MR) is 75.1 cm³/mol. The predicted octanol–water partition coefficient (Wildman–Crippen LogP) is 2.47. The third-order valence-electron chi connectivity index (χ3n) is 6.34. The minimum absolute atomic E-state index is 0.167. The summed E-state index contributed by atoms with van der Waals surface area (Å²) < 4.78 is 11.2. The third-order valence-corrected chi connectivity index (χ3v) is 6.34. The first kappa shape index (κ1) is 13.4. The van der Waals surface area contributed by atoms with E-state index in [1.165, 1.54) is 12.5 Å². The van der Waals surface area contributed by atoms with Crippen molar-refractivity contribution in [1.82, 2.24) is 0 Å². The fourth-order valence-corrected chi connectivity index (χ4v) is 5.85. The van der Waals surface area contributed by atoms with Gasteiger partial charge in [0.1, 0.15) is 11.5 Å². The lowest BCUT2D eigenvalue weighted by Gasteiger charge is -2.61. The number of carbonyl (C=O) groups excluding carboxylic acids is 2. The maximum absolute atomic E-state index is 12.2. The van der Waals surface area contributed by atoms with Gasteiger partial charge in [-0.25, -0.2) is 4.79 Å². The van der Waals surface area contributed by atoms with E-state index in [4.69, 9.17) is 9.47 Å². The highest BCUT2D eigenvalue weighted by Crippen LogP contribution is 2.62. The van der Waals surface area contributed by atoms with E-state index in [0.29, 0.717) is 24.9 Å². The summed E-state index contributed by atoms with van der Waals surface area (Å²) in [6.45, 7) is 3.99. The van der Waals surface area contributed by atoms with E-state index in [1.807, 2.05) is 0 Å². The Morgan fingerprint density at radius 2 is 1.81 bits per heavy atom. The van der Waals surface area contributed by atoms with Crippen molar-refractivity contribution in [2.24, 2.45) is 29.6 Å². The van der Waals surface area contributed by atoms with Gasteiger partial charge >= 0.3 is 11.9 Å². The summed E-state index contributed by atoms with van der Waals surface area (Å²) in [4.78, 5) is 24.2. The molecule has 0 aromatic rings. The van der Waals surface area contributed by atoms with Gasteiger partial charge < -0.3 is 9.47 Å². The quantitative estimate of drug-likeness (QED) is 0.592. The molecule has 1 aliphatic heterocycles. The number of cyclic esters (lactones) is 1. The monoisotopic (exact) mass is 290 g/mol. The van der Waals surface area contributed by atoms with Gasteiger partial charge in [0.25, 0.3) is 0 Å². The Hall–Kier alpha value is -1.32. The lowest BCUT2D eigenvalue weighted by molar-refractivity contribution is -0.224. The lowest BCUT2D eigenvalue weighted by Crippen LogP contribution is -2.64. The van der Waals surface area contributed by atoms with Crippen molar-refractivity contribution in [2.45, 2.75) is 44.1 Å². The maximum atomic E-state index is 12.2. The molecule has 114 valence electrons. The van der Waals surface area contributed by atoms with Crippen LogP contribution in [-0.2, 0) is 19.1 Å². The largest absolute Gasteiger partial charge is 0.465 e. The molecule has 0 amide bonds. The normalized spacial score (nSPS) is 47.2. The van der Waals surface area contributed by atoms with Gasteiger partial charge in [-0.05, 0) is 50.4 Å². The molecule has 5 rings (SSSR count). The van der Waals surface area contributed by atoms with Crippen molar-refractivity contribution in [3.05, 3.63) is 12.7 Å². The standard InChI is InChI=1S/C17H22O4/c1-2-15(18)21-17(14-3-4-20-16(14)19)12-6-10-5-11(8-12)9-13(17)7-10/h2,10-14H,1,3-9H2. The van der Waals surface area contributed by atoms with Crippen LogP contribution in [0.1, 0.15) is 38.5 Å². The highest BCUT2D eigenvalue weighted by atomic mass is 16.6. The Labute approximate surface area is 124 Å². The summed E-state index contributed by atoms with van der Waals surface area (Å²) in [5.41, 5.74) is -0.619. The highest BCUT2D eigenvalue weighted by molar-refractivity contribution is 5.83. The Morgan fingerprint density at radius 1 is 1.19 bits per heavy atom. The van der Waals surface area contributed by atoms with Crippen LogP contribution in [0.15, 0.2) is 12.7 Å². The maximum Gasteiger partial charge on any atom is 0.330 e. The minimum atomic E-state index is -0.619. The molecule has 1 saturated heterocycles. The molecule has 0 aromatic heterocycles. The van der Waals surface area contributed by atoms with E-state index < -0.39 is 5.60 Å². The lowest BCUT2D eigenvalue weighted by atomic mass is 9.47. The van der Waals surface area contributed by atoms with E-state index in [9.17, 15) is 9.59 Å². The first-order valence-corrected chi connectivity index (χ1v) is 8.15. The number of hydrogen-bond donors (Lipinski definition) is 0. The number of carbonyl (C=O) groups is 2. The molecule has 0 N–H and O–H groups in total. The zero-order valence-electron chi connectivity index (χ0n) is 12.3. The number of hydrogen-bond acceptors (Lipinski definition) is 4. The van der Waals surface area contributed by atoms with Crippen LogP contribution < -0.4 is 0 Å². The van der Waals surface area contributed by atoms with Gasteiger partial charge in [0.2, 0.25) is 0 Å². The smallest absolute Gasteiger partial charge is 0.330 e. The average molecular weight is 290 g/mol. The second-order valence-corrected chi connectivity index (χ2v) is 7.29. The summed E-state index contributed by atoms with van der Waals surface area (Å²) in [5.74, 6) is 1.36. The molecule has 4 saturated carbocycles. The van der Waals surface area contributed by atoms with Crippen LogP contribution in [-0.4, -0.2) is 24.1 Å². The number of esters is 2. The molecule has 5 fully saturated rings. The molecular weight excluding hydrogens is 268 g/mol. The molecular formula is C17H22O4. The Kier molecular flexibility index (Phi) is 2.92. The van der Waals surface area contributed by atoms with Gasteiger partial charge in [-0.2, -0.15) is 0 Å². The molecule has 0 radical (unpaired) electrons. The molecule has 4 aliphatic carbocycles. The van der Waals surface area contributed by atoms with E-state index in [1.54, 1.807) is 0 Å². The topological polar surface area (TPSA) is 52.6 Å². The number of ether oxygens (including phenoxy) is 2. The van der Waals surface area contributed by atoms with E-state index >= 15 is 0 Å². The minimum Gasteiger partial charge on any atom is -0.465 e. The zero-order chi connectivity index (χ0) is 14.6. The fourth-order valence-electron chi connectivity index (χ4n) is 5.85. The number of rotatable bonds is 3. The summed E-state index contributed by atoms with van der Waals surface area (Å²) in [6.07, 6.45) is 7.64. The van der Waals surface area contributed by atoms with Gasteiger partial charge in [0.05, 0.1) is 6.61 Å². The molecule has 1 heterocycles. The summed E-state index contributed by atoms with van der Waals surface area (Å²) >= 11 is 0. The van der Waals surface area contributed by atoms with Gasteiger partial charge in [-0.3, -0.25) is 4.79 Å². The molecule has 1 unspecified atom stereocenters. The van der Waals surface area contributed by atoms with Crippen LogP contribution >= 0.6 is 0 Å². The van der Waals surface area contributed by atoms with Crippen molar-refractivity contribution >= 4 is 11.9 Å². The first-order valence-electron chi connectivity index (χ1n) is 8.15. The van der Waals surface area contributed by atoms with Crippen LogP contribution in [0.25, 0.3) is 0 Å². The molecule has 4 heteroatoms. The van der Waals surface area contributed by atoms with Crippen molar-refractivity contribution in [3.63, 3.8) is 0 Å². The van der Waals surface area contributed by atoms with Gasteiger partial charge in [-0.15, -0.1) is 0 Å². The zero-order valence-corrected chi connectivity index (χ0v) is 12.3. The van der Waals surface area contributed by atoms with Gasteiger partial charge in [0, 0.05) is 17.9 Å². The Bertz CT molecular complexity index is 467. The van der Waals surface area contributed by atoms with Crippen LogP contribution in [0.2, 0.25) is 0 Å². The summed E-state index contributed by atoms with van der Waals surface area (Å²) in [5, 5.41) is 0. The van der Waals surface area contributed by atoms with Crippen LogP contribution in [0.3, 0.4) is 0 Å². The molecule has 4 nitrogen and oxygen atoms in total. The van der Waals surface area contributed by atoms with Crippen LogP contribution in [0, 0.1) is 29.6 Å². The Morgan fingerprint density at radius 3 is 2.29 bits per heavy atom. The third kappa shape index (κ3) is 1.80. The average Bonchev–Trinajstić information content (AvgIpc) is 2.88. The highest BCUT2D eigenvalue weighted by Gasteiger charge is 2.65. The molecule has 5 aliphatic rings. The van der Waals surface area contributed by atoms with Gasteiger partial charge in [-0.1, -0.05) is 6.58 Å². The molecule has 0 aromatic carbocycles. The summed E-state index contributed by atoms with van der Waals surface area (Å²) in [7, 11) is 0. The fraction of sp³-hybridized carbons (Fsp3) is 0.765. The first-order chi connectivity index (χ1) is 10.1. The van der Waals surface area contributed by atoms with Crippen molar-refractivity contribution in [2.75, 3.05) is 6.61 Å². The van der Waals surface area contributed by atoms with Crippen molar-refractivity contribution in [1.29, 1.82) is 0 Å². The van der Waals surface area contributed by atoms with Crippen molar-refractivity contribution < 1.29 is 19.1 Å².